The summed E-state index contributed by atoms with van der Waals surface area (Å²) < 4.78 is 5.60. The maximum absolute atomic E-state index is 11.5. The van der Waals surface area contributed by atoms with Crippen molar-refractivity contribution in [1.29, 1.82) is 0 Å². The second kappa shape index (κ2) is 8.47. The van der Waals surface area contributed by atoms with Gasteiger partial charge in [-0.05, 0) is 92.8 Å². The van der Waals surface area contributed by atoms with Gasteiger partial charge in [0, 0.05) is 13.3 Å². The zero-order valence-corrected chi connectivity index (χ0v) is 20.1. The number of unbranched alkanes of at least 4 members (excludes halogenated alkanes) is 2. The Hall–Kier alpha value is -1.05. The highest BCUT2D eigenvalue weighted by atomic mass is 16.5. The van der Waals surface area contributed by atoms with Crippen molar-refractivity contribution in [2.75, 3.05) is 0 Å². The molecule has 4 aliphatic carbocycles. The van der Waals surface area contributed by atoms with Crippen molar-refractivity contribution < 1.29 is 9.53 Å². The predicted molar refractivity (Wildman–Crippen MR) is 124 cm³/mol. The Bertz CT molecular complexity index is 718. The number of fused-ring (bicyclic) bond motifs is 5. The summed E-state index contributed by atoms with van der Waals surface area (Å²) in [5.41, 5.74) is 4.14. The van der Waals surface area contributed by atoms with Gasteiger partial charge in [-0.15, -0.1) is 0 Å². The molecule has 0 aromatic heterocycles. The summed E-state index contributed by atoms with van der Waals surface area (Å²) in [7, 11) is 0. The second-order valence-corrected chi connectivity index (χ2v) is 11.5. The van der Waals surface area contributed by atoms with E-state index in [1.54, 1.807) is 18.1 Å². The summed E-state index contributed by atoms with van der Waals surface area (Å²) in [5.74, 6) is 3.26. The molecule has 0 heterocycles. The lowest BCUT2D eigenvalue weighted by Gasteiger charge is -2.58. The Morgan fingerprint density at radius 2 is 1.93 bits per heavy atom. The van der Waals surface area contributed by atoms with Crippen molar-refractivity contribution in [2.45, 2.75) is 111 Å². The normalized spacial score (nSPS) is 43.3. The van der Waals surface area contributed by atoms with Crippen LogP contribution in [0.15, 0.2) is 23.3 Å². The topological polar surface area (TPSA) is 26.3 Å². The summed E-state index contributed by atoms with van der Waals surface area (Å²) >= 11 is 0. The largest absolute Gasteiger partial charge is 0.462 e. The molecule has 3 fully saturated rings. The molecule has 0 radical (unpaired) electrons. The number of allylic oxidation sites excluding steroid dienone is 3. The van der Waals surface area contributed by atoms with Crippen LogP contribution in [-0.4, -0.2) is 12.1 Å². The zero-order chi connectivity index (χ0) is 21.5. The van der Waals surface area contributed by atoms with Gasteiger partial charge in [0.1, 0.15) is 6.10 Å². The van der Waals surface area contributed by atoms with Gasteiger partial charge >= 0.3 is 5.97 Å². The van der Waals surface area contributed by atoms with Crippen LogP contribution < -0.4 is 0 Å². The lowest BCUT2D eigenvalue weighted by atomic mass is 9.47. The van der Waals surface area contributed by atoms with Crippen LogP contribution in [0.5, 0.6) is 0 Å². The standard InChI is InChI=1S/C28H44O2/c1-6-7-8-9-19(2)24-12-13-25-23-11-10-21-18-22(30-20(3)29)14-16-27(21,4)26(23)15-17-28(24,25)5/h9-10,22-26H,6-8,11-18H2,1-5H3/b19-9-/t22-,23-,24+,25-,26-,27-,28+/m0/s1. The van der Waals surface area contributed by atoms with Crippen LogP contribution in [0.3, 0.4) is 0 Å². The average Bonchev–Trinajstić information content (AvgIpc) is 3.05. The van der Waals surface area contributed by atoms with Crippen LogP contribution in [-0.2, 0) is 9.53 Å². The molecule has 0 amide bonds. The highest BCUT2D eigenvalue weighted by Gasteiger charge is 2.58. The lowest BCUT2D eigenvalue weighted by molar-refractivity contribution is -0.148. The lowest BCUT2D eigenvalue weighted by Crippen LogP contribution is -2.50. The van der Waals surface area contributed by atoms with E-state index in [0.29, 0.717) is 10.8 Å². The Balaban J connectivity index is 1.52. The van der Waals surface area contributed by atoms with Crippen LogP contribution >= 0.6 is 0 Å². The van der Waals surface area contributed by atoms with E-state index in [-0.39, 0.29) is 12.1 Å². The van der Waals surface area contributed by atoms with Gasteiger partial charge in [-0.25, -0.2) is 0 Å². The zero-order valence-electron chi connectivity index (χ0n) is 20.1. The fourth-order valence-corrected chi connectivity index (χ4v) is 8.39. The highest BCUT2D eigenvalue weighted by Crippen LogP contribution is 2.67. The molecule has 0 aromatic carbocycles. The van der Waals surface area contributed by atoms with Crippen molar-refractivity contribution in [3.63, 3.8) is 0 Å². The van der Waals surface area contributed by atoms with E-state index in [9.17, 15) is 4.79 Å². The summed E-state index contributed by atoms with van der Waals surface area (Å²) in [5, 5.41) is 0. The molecule has 30 heavy (non-hydrogen) atoms. The van der Waals surface area contributed by atoms with Gasteiger partial charge in [0.2, 0.25) is 0 Å². The Morgan fingerprint density at radius 3 is 2.67 bits per heavy atom. The van der Waals surface area contributed by atoms with Crippen molar-refractivity contribution in [1.82, 2.24) is 0 Å². The Kier molecular flexibility index (Phi) is 6.26. The van der Waals surface area contributed by atoms with Crippen LogP contribution in [0, 0.1) is 34.5 Å². The SMILES string of the molecule is CCCC/C=C(/C)[C@H]1CC[C@H]2[C@@H]3CC=C4C[C@@H](OC(C)=O)CC[C@]4(C)[C@H]3CC[C@]12C. The van der Waals surface area contributed by atoms with Gasteiger partial charge in [0.25, 0.3) is 0 Å². The molecule has 0 aromatic rings. The van der Waals surface area contributed by atoms with Crippen molar-refractivity contribution in [3.8, 4) is 0 Å². The maximum atomic E-state index is 11.5. The van der Waals surface area contributed by atoms with Gasteiger partial charge < -0.3 is 4.74 Å². The fourth-order valence-electron chi connectivity index (χ4n) is 8.39. The van der Waals surface area contributed by atoms with Gasteiger partial charge in [0.15, 0.2) is 0 Å². The molecule has 0 N–H and O–H groups in total. The predicted octanol–water partition coefficient (Wildman–Crippen LogP) is 7.63. The summed E-state index contributed by atoms with van der Waals surface area (Å²) in [4.78, 5) is 11.5. The number of rotatable bonds is 5. The Labute approximate surface area is 184 Å². The molecule has 3 saturated carbocycles. The number of carbonyl (C=O) groups is 1. The third-order valence-corrected chi connectivity index (χ3v) is 9.96. The number of hydrogen-bond acceptors (Lipinski definition) is 2. The molecule has 168 valence electrons. The minimum absolute atomic E-state index is 0.110. The number of esters is 1. The van der Waals surface area contributed by atoms with Gasteiger partial charge in [-0.3, -0.25) is 4.79 Å². The van der Waals surface area contributed by atoms with Gasteiger partial charge in [-0.1, -0.05) is 56.9 Å². The van der Waals surface area contributed by atoms with Crippen LogP contribution in [0.4, 0.5) is 0 Å². The molecular weight excluding hydrogens is 368 g/mol. The van der Waals surface area contributed by atoms with E-state index >= 15 is 0 Å². The molecule has 0 unspecified atom stereocenters. The van der Waals surface area contributed by atoms with Gasteiger partial charge in [0.05, 0.1) is 0 Å². The van der Waals surface area contributed by atoms with E-state index in [1.165, 1.54) is 57.8 Å². The summed E-state index contributed by atoms with van der Waals surface area (Å²) in [6, 6.07) is 0. The maximum Gasteiger partial charge on any atom is 0.302 e. The van der Waals surface area contributed by atoms with E-state index in [4.69, 9.17) is 4.74 Å². The first-order valence-corrected chi connectivity index (χ1v) is 12.8. The average molecular weight is 413 g/mol. The molecule has 0 aliphatic heterocycles. The summed E-state index contributed by atoms with van der Waals surface area (Å²) in [6.45, 7) is 11.5. The van der Waals surface area contributed by atoms with Crippen molar-refractivity contribution in [2.24, 2.45) is 34.5 Å². The molecule has 0 saturated heterocycles. The molecule has 7 atom stereocenters. The smallest absolute Gasteiger partial charge is 0.302 e. The minimum Gasteiger partial charge on any atom is -0.462 e. The van der Waals surface area contributed by atoms with Crippen molar-refractivity contribution in [3.05, 3.63) is 23.3 Å². The molecule has 2 heteroatoms. The molecular formula is C28H44O2. The molecule has 4 rings (SSSR count). The first-order chi connectivity index (χ1) is 14.3. The van der Waals surface area contributed by atoms with E-state index in [1.807, 2.05) is 0 Å². The van der Waals surface area contributed by atoms with Crippen LogP contribution in [0.25, 0.3) is 0 Å². The number of ether oxygens (including phenoxy) is 1. The quantitative estimate of drug-likeness (QED) is 0.263. The third-order valence-electron chi connectivity index (χ3n) is 9.96. The first-order valence-electron chi connectivity index (χ1n) is 12.8. The third kappa shape index (κ3) is 3.71. The fraction of sp³-hybridized carbons (Fsp3) is 0.821. The van der Waals surface area contributed by atoms with Crippen LogP contribution in [0.2, 0.25) is 0 Å². The Morgan fingerprint density at radius 1 is 1.13 bits per heavy atom. The summed E-state index contributed by atoms with van der Waals surface area (Å²) in [6.07, 6.45) is 19.2. The monoisotopic (exact) mass is 412 g/mol. The first kappa shape index (κ1) is 22.2. The number of carbonyl (C=O) groups excluding carboxylic acids is 1. The minimum atomic E-state index is -0.120. The molecule has 0 bridgehead atoms. The highest BCUT2D eigenvalue weighted by molar-refractivity contribution is 5.66. The molecule has 4 aliphatic rings. The van der Waals surface area contributed by atoms with E-state index in [0.717, 1.165) is 36.5 Å². The van der Waals surface area contributed by atoms with Gasteiger partial charge in [-0.2, -0.15) is 0 Å². The van der Waals surface area contributed by atoms with Crippen LogP contribution in [0.1, 0.15) is 105 Å². The van der Waals surface area contributed by atoms with E-state index < -0.39 is 0 Å². The molecule has 2 nitrogen and oxygen atoms in total. The molecule has 0 spiro atoms. The number of hydrogen-bond donors (Lipinski definition) is 0. The van der Waals surface area contributed by atoms with E-state index in [2.05, 4.69) is 39.8 Å². The van der Waals surface area contributed by atoms with Crippen molar-refractivity contribution >= 4 is 5.97 Å². The second-order valence-electron chi connectivity index (χ2n) is 11.5.